The molecule has 2 nitrogen and oxygen atoms in total. The molecule has 0 atom stereocenters. The topological polar surface area (TPSA) is 16.4 Å². The van der Waals surface area contributed by atoms with Gasteiger partial charge in [0.25, 0.3) is 0 Å². The molecular formula is C64H43NO. The van der Waals surface area contributed by atoms with E-state index in [2.05, 4.69) is 260 Å². The standard InChI is InChI=1S/C64H43NO/c1-3-18-44(19-4-1)48-38-41-54(45-20-5-2-6-21-45)61(43-48)57-28-10-9-27-56(57)58-29-11-13-34-62(58)65(50-39-36-47(37-40-50)53-31-16-23-46-22-7-8-26-52(46)53)51-25-15-24-49(42-51)55-32-17-33-60-59-30-12-14-35-63(59)66-64(55)60/h1-43H. The molecule has 0 radical (unpaired) electrons. The SMILES string of the molecule is c1ccc(-c2ccc(-c3ccccc3)c(-c3ccccc3-c3ccccc3N(c3ccc(-c4cccc5ccccc45)cc3)c3cccc(-c4cccc5c4oc4ccccc45)c3)c2)cc1. The van der Waals surface area contributed by atoms with Crippen molar-refractivity contribution in [2.24, 2.45) is 0 Å². The Morgan fingerprint density at radius 1 is 0.258 bits per heavy atom. The van der Waals surface area contributed by atoms with E-state index in [1.165, 1.54) is 49.7 Å². The fourth-order valence-electron chi connectivity index (χ4n) is 9.78. The Balaban J connectivity index is 1.05. The van der Waals surface area contributed by atoms with Gasteiger partial charge in [-0.2, -0.15) is 0 Å². The molecule has 0 aliphatic carbocycles. The van der Waals surface area contributed by atoms with Crippen LogP contribution in [-0.4, -0.2) is 0 Å². The molecule has 0 saturated heterocycles. The lowest BCUT2D eigenvalue weighted by Gasteiger charge is -2.29. The number of hydrogen-bond acceptors (Lipinski definition) is 2. The third kappa shape index (κ3) is 7.02. The molecule has 11 aromatic carbocycles. The van der Waals surface area contributed by atoms with Gasteiger partial charge in [-0.15, -0.1) is 0 Å². The molecule has 0 aliphatic heterocycles. The second-order valence-corrected chi connectivity index (χ2v) is 16.8. The molecule has 66 heavy (non-hydrogen) atoms. The third-order valence-corrected chi connectivity index (χ3v) is 12.9. The number of nitrogens with zero attached hydrogens (tertiary/aromatic N) is 1. The molecule has 12 rings (SSSR count). The highest BCUT2D eigenvalue weighted by Gasteiger charge is 2.22. The molecule has 0 amide bonds. The first-order valence-corrected chi connectivity index (χ1v) is 22.6. The van der Waals surface area contributed by atoms with Gasteiger partial charge in [0, 0.05) is 33.3 Å². The highest BCUT2D eigenvalue weighted by atomic mass is 16.3. The van der Waals surface area contributed by atoms with Gasteiger partial charge in [0.1, 0.15) is 11.2 Å². The third-order valence-electron chi connectivity index (χ3n) is 12.9. The number of hydrogen-bond donors (Lipinski definition) is 0. The van der Waals surface area contributed by atoms with Gasteiger partial charge in [0.2, 0.25) is 0 Å². The molecule has 0 fully saturated rings. The van der Waals surface area contributed by atoms with Crippen LogP contribution in [-0.2, 0) is 0 Å². The largest absolute Gasteiger partial charge is 0.455 e. The summed E-state index contributed by atoms with van der Waals surface area (Å²) >= 11 is 0. The number of benzene rings is 11. The number of fused-ring (bicyclic) bond motifs is 4. The predicted octanol–water partition coefficient (Wildman–Crippen LogP) is 18.2. The van der Waals surface area contributed by atoms with Crippen LogP contribution in [0.4, 0.5) is 17.1 Å². The Kier molecular flexibility index (Phi) is 9.89. The zero-order valence-corrected chi connectivity index (χ0v) is 36.2. The molecule has 0 N–H and O–H groups in total. The van der Waals surface area contributed by atoms with Crippen LogP contribution in [0.1, 0.15) is 0 Å². The first kappa shape index (κ1) is 38.9. The van der Waals surface area contributed by atoms with Crippen molar-refractivity contribution < 1.29 is 4.42 Å². The predicted molar refractivity (Wildman–Crippen MR) is 279 cm³/mol. The van der Waals surface area contributed by atoms with Gasteiger partial charge in [-0.25, -0.2) is 0 Å². The van der Waals surface area contributed by atoms with Crippen molar-refractivity contribution in [3.8, 4) is 66.8 Å². The molecule has 0 unspecified atom stereocenters. The molecule has 0 spiro atoms. The molecule has 1 aromatic heterocycles. The van der Waals surface area contributed by atoms with E-state index >= 15 is 0 Å². The smallest absolute Gasteiger partial charge is 0.143 e. The lowest BCUT2D eigenvalue weighted by Crippen LogP contribution is -2.11. The monoisotopic (exact) mass is 841 g/mol. The van der Waals surface area contributed by atoms with Gasteiger partial charge >= 0.3 is 0 Å². The first-order chi connectivity index (χ1) is 32.7. The Bertz CT molecular complexity index is 3690. The second kappa shape index (κ2) is 16.8. The van der Waals surface area contributed by atoms with E-state index in [-0.39, 0.29) is 0 Å². The van der Waals surface area contributed by atoms with Crippen LogP contribution in [0.5, 0.6) is 0 Å². The van der Waals surface area contributed by atoms with Crippen LogP contribution >= 0.6 is 0 Å². The van der Waals surface area contributed by atoms with Crippen molar-refractivity contribution in [3.05, 3.63) is 261 Å². The van der Waals surface area contributed by atoms with Crippen LogP contribution in [0.25, 0.3) is 99.5 Å². The first-order valence-electron chi connectivity index (χ1n) is 22.6. The highest BCUT2D eigenvalue weighted by molar-refractivity contribution is 6.10. The minimum atomic E-state index is 0.890. The van der Waals surface area contributed by atoms with Crippen LogP contribution in [0.3, 0.4) is 0 Å². The van der Waals surface area contributed by atoms with Gasteiger partial charge in [-0.05, 0) is 109 Å². The number of furan rings is 1. The molecule has 0 bridgehead atoms. The van der Waals surface area contributed by atoms with Gasteiger partial charge < -0.3 is 9.32 Å². The van der Waals surface area contributed by atoms with E-state index in [9.17, 15) is 0 Å². The summed E-state index contributed by atoms with van der Waals surface area (Å²) in [6.45, 7) is 0. The van der Waals surface area contributed by atoms with Crippen LogP contribution in [0.2, 0.25) is 0 Å². The van der Waals surface area contributed by atoms with Gasteiger partial charge in [-0.1, -0.05) is 218 Å². The van der Waals surface area contributed by atoms with Crippen LogP contribution < -0.4 is 4.90 Å². The van der Waals surface area contributed by atoms with Crippen molar-refractivity contribution in [1.82, 2.24) is 0 Å². The van der Waals surface area contributed by atoms with E-state index in [0.717, 1.165) is 66.8 Å². The quantitative estimate of drug-likeness (QED) is 0.144. The molecule has 1 heterocycles. The summed E-state index contributed by atoms with van der Waals surface area (Å²) in [4.78, 5) is 2.42. The van der Waals surface area contributed by atoms with Crippen molar-refractivity contribution in [2.45, 2.75) is 0 Å². The Labute approximate surface area is 384 Å². The summed E-state index contributed by atoms with van der Waals surface area (Å²) in [5.74, 6) is 0. The van der Waals surface area contributed by atoms with Crippen molar-refractivity contribution >= 4 is 49.8 Å². The summed E-state index contributed by atoms with van der Waals surface area (Å²) < 4.78 is 6.59. The number of rotatable bonds is 9. The highest BCUT2D eigenvalue weighted by Crippen LogP contribution is 2.47. The zero-order valence-electron chi connectivity index (χ0n) is 36.2. The van der Waals surface area contributed by atoms with E-state index in [4.69, 9.17) is 4.42 Å². The molecule has 2 heteroatoms. The Hall–Kier alpha value is -8.72. The lowest BCUT2D eigenvalue weighted by molar-refractivity contribution is 0.670. The van der Waals surface area contributed by atoms with E-state index in [0.29, 0.717) is 0 Å². The minimum absolute atomic E-state index is 0.890. The summed E-state index contributed by atoms with van der Waals surface area (Å²) in [6.07, 6.45) is 0. The molecule has 310 valence electrons. The van der Waals surface area contributed by atoms with Crippen LogP contribution in [0.15, 0.2) is 265 Å². The Morgan fingerprint density at radius 3 is 1.62 bits per heavy atom. The Morgan fingerprint density at radius 2 is 0.803 bits per heavy atom. The fourth-order valence-corrected chi connectivity index (χ4v) is 9.78. The zero-order chi connectivity index (χ0) is 43.8. The van der Waals surface area contributed by atoms with Gasteiger partial charge in [-0.3, -0.25) is 0 Å². The second-order valence-electron chi connectivity index (χ2n) is 16.8. The molecule has 12 aromatic rings. The molecule has 0 aliphatic rings. The van der Waals surface area contributed by atoms with Crippen LogP contribution in [0, 0.1) is 0 Å². The average Bonchev–Trinajstić information content (AvgIpc) is 3.79. The van der Waals surface area contributed by atoms with E-state index in [1.54, 1.807) is 0 Å². The maximum atomic E-state index is 6.59. The minimum Gasteiger partial charge on any atom is -0.455 e. The fraction of sp³-hybridized carbons (Fsp3) is 0. The summed E-state index contributed by atoms with van der Waals surface area (Å²) in [7, 11) is 0. The molecule has 0 saturated carbocycles. The van der Waals surface area contributed by atoms with Crippen molar-refractivity contribution in [1.29, 1.82) is 0 Å². The average molecular weight is 842 g/mol. The summed E-state index contributed by atoms with van der Waals surface area (Å²) in [6, 6.07) is 94.0. The molecular weight excluding hydrogens is 799 g/mol. The normalized spacial score (nSPS) is 11.3. The van der Waals surface area contributed by atoms with Crippen molar-refractivity contribution in [3.63, 3.8) is 0 Å². The van der Waals surface area contributed by atoms with Gasteiger partial charge in [0.05, 0.1) is 5.69 Å². The van der Waals surface area contributed by atoms with E-state index < -0.39 is 0 Å². The maximum Gasteiger partial charge on any atom is 0.143 e. The summed E-state index contributed by atoms with van der Waals surface area (Å²) in [5.41, 5.74) is 18.8. The number of anilines is 3. The van der Waals surface area contributed by atoms with Crippen molar-refractivity contribution in [2.75, 3.05) is 4.90 Å². The van der Waals surface area contributed by atoms with E-state index in [1.807, 2.05) is 6.07 Å². The maximum absolute atomic E-state index is 6.59. The van der Waals surface area contributed by atoms with Gasteiger partial charge in [0.15, 0.2) is 0 Å². The summed E-state index contributed by atoms with van der Waals surface area (Å²) in [5, 5.41) is 4.71. The number of para-hydroxylation sites is 3. The lowest BCUT2D eigenvalue weighted by atomic mass is 9.87.